The van der Waals surface area contributed by atoms with Gasteiger partial charge in [0.1, 0.15) is 6.04 Å². The minimum atomic E-state index is -0.625. The minimum absolute atomic E-state index is 0.209. The highest BCUT2D eigenvalue weighted by molar-refractivity contribution is 6.06. The Morgan fingerprint density at radius 1 is 1.59 bits per heavy atom. The normalized spacial score (nSPS) is 18.5. The molecule has 88 valence electrons. The van der Waals surface area contributed by atoms with Crippen LogP contribution in [0.1, 0.15) is 18.5 Å². The molecule has 0 bridgehead atoms. The second-order valence-corrected chi connectivity index (χ2v) is 4.10. The quantitative estimate of drug-likeness (QED) is 0.780. The van der Waals surface area contributed by atoms with E-state index in [1.165, 1.54) is 4.68 Å². The lowest BCUT2D eigenvalue weighted by Gasteiger charge is -2.21. The molecule has 1 amide bonds. The lowest BCUT2D eigenvalue weighted by Crippen LogP contribution is -2.28. The van der Waals surface area contributed by atoms with Crippen molar-refractivity contribution in [3.8, 4) is 0 Å². The standard InChI is InChI=1S/C11H10FN3O2/c1-5-11(17)13-8-3-6(4-16)2-7-9(8)15(5)14-10(7)12/h2-3,5,16H,4H2,1H3,(H,13,17)/t5-/m1/s1. The van der Waals surface area contributed by atoms with Gasteiger partial charge in [-0.1, -0.05) is 0 Å². The van der Waals surface area contributed by atoms with Crippen LogP contribution in [0.2, 0.25) is 0 Å². The molecule has 1 aliphatic heterocycles. The summed E-state index contributed by atoms with van der Waals surface area (Å²) < 4.78 is 15.0. The summed E-state index contributed by atoms with van der Waals surface area (Å²) in [6.45, 7) is 1.45. The van der Waals surface area contributed by atoms with Crippen molar-refractivity contribution in [2.45, 2.75) is 19.6 Å². The molecule has 3 rings (SSSR count). The SMILES string of the molecule is C[C@@H]1C(=O)Nc2cc(CO)cc3c(F)nn1c23. The van der Waals surface area contributed by atoms with Crippen LogP contribution in [-0.2, 0) is 11.4 Å². The Kier molecular flexibility index (Phi) is 1.97. The van der Waals surface area contributed by atoms with Crippen molar-refractivity contribution in [1.82, 2.24) is 9.78 Å². The van der Waals surface area contributed by atoms with Gasteiger partial charge in [-0.25, -0.2) is 4.68 Å². The van der Waals surface area contributed by atoms with E-state index in [-0.39, 0.29) is 12.5 Å². The summed E-state index contributed by atoms with van der Waals surface area (Å²) in [6.07, 6.45) is 0. The van der Waals surface area contributed by atoms with Gasteiger partial charge in [0.25, 0.3) is 0 Å². The van der Waals surface area contributed by atoms with Crippen LogP contribution < -0.4 is 5.32 Å². The van der Waals surface area contributed by atoms with Gasteiger partial charge >= 0.3 is 0 Å². The monoisotopic (exact) mass is 235 g/mol. The van der Waals surface area contributed by atoms with E-state index in [0.29, 0.717) is 22.2 Å². The number of benzene rings is 1. The topological polar surface area (TPSA) is 67.2 Å². The fraction of sp³-hybridized carbons (Fsp3) is 0.273. The van der Waals surface area contributed by atoms with Crippen molar-refractivity contribution in [1.29, 1.82) is 0 Å². The largest absolute Gasteiger partial charge is 0.392 e. The van der Waals surface area contributed by atoms with Crippen molar-refractivity contribution in [2.75, 3.05) is 5.32 Å². The Balaban J connectivity index is 2.40. The maximum Gasteiger partial charge on any atom is 0.249 e. The molecule has 2 heterocycles. The van der Waals surface area contributed by atoms with Crippen LogP contribution in [0.3, 0.4) is 0 Å². The van der Waals surface area contributed by atoms with Crippen LogP contribution in [0.25, 0.3) is 10.9 Å². The van der Waals surface area contributed by atoms with Crippen molar-refractivity contribution in [3.05, 3.63) is 23.6 Å². The average molecular weight is 235 g/mol. The van der Waals surface area contributed by atoms with E-state index in [4.69, 9.17) is 5.11 Å². The lowest BCUT2D eigenvalue weighted by atomic mass is 10.1. The summed E-state index contributed by atoms with van der Waals surface area (Å²) in [4.78, 5) is 11.6. The highest BCUT2D eigenvalue weighted by atomic mass is 19.1. The van der Waals surface area contributed by atoms with Gasteiger partial charge in [-0.15, -0.1) is 5.10 Å². The molecule has 1 atom stereocenters. The summed E-state index contributed by atoms with van der Waals surface area (Å²) in [7, 11) is 0. The zero-order chi connectivity index (χ0) is 12.2. The number of anilines is 1. The van der Waals surface area contributed by atoms with E-state index in [1.54, 1.807) is 19.1 Å². The number of amides is 1. The van der Waals surface area contributed by atoms with Crippen LogP contribution in [0.5, 0.6) is 0 Å². The highest BCUT2D eigenvalue weighted by Crippen LogP contribution is 2.33. The number of aliphatic hydroxyl groups excluding tert-OH is 1. The van der Waals surface area contributed by atoms with E-state index < -0.39 is 12.0 Å². The number of hydrogen-bond donors (Lipinski definition) is 2. The summed E-state index contributed by atoms with van der Waals surface area (Å²) in [6, 6.07) is 2.64. The Morgan fingerprint density at radius 3 is 3.06 bits per heavy atom. The maximum absolute atomic E-state index is 13.7. The van der Waals surface area contributed by atoms with Crippen LogP contribution in [0, 0.1) is 5.95 Å². The number of aromatic nitrogens is 2. The molecule has 2 N–H and O–H groups in total. The minimum Gasteiger partial charge on any atom is -0.392 e. The molecule has 0 spiro atoms. The summed E-state index contributed by atoms with van der Waals surface area (Å²) in [5, 5.41) is 15.8. The molecule has 17 heavy (non-hydrogen) atoms. The van der Waals surface area contributed by atoms with E-state index >= 15 is 0 Å². The van der Waals surface area contributed by atoms with Crippen molar-refractivity contribution < 1.29 is 14.3 Å². The molecule has 5 nitrogen and oxygen atoms in total. The molecule has 2 aromatic rings. The van der Waals surface area contributed by atoms with Gasteiger partial charge in [0, 0.05) is 0 Å². The molecular weight excluding hydrogens is 225 g/mol. The molecule has 1 aromatic heterocycles. The second-order valence-electron chi connectivity index (χ2n) is 4.10. The summed E-state index contributed by atoms with van der Waals surface area (Å²) in [5.74, 6) is -0.864. The highest BCUT2D eigenvalue weighted by Gasteiger charge is 2.28. The third-order valence-corrected chi connectivity index (χ3v) is 3.00. The van der Waals surface area contributed by atoms with Crippen LogP contribution in [-0.4, -0.2) is 20.8 Å². The number of nitrogens with zero attached hydrogens (tertiary/aromatic N) is 2. The Labute approximate surface area is 95.8 Å². The van der Waals surface area contributed by atoms with Gasteiger partial charge in [-0.2, -0.15) is 4.39 Å². The maximum atomic E-state index is 13.7. The third kappa shape index (κ3) is 1.27. The number of aliphatic hydroxyl groups is 1. The number of halogens is 1. The van der Waals surface area contributed by atoms with Gasteiger partial charge < -0.3 is 10.4 Å². The predicted molar refractivity (Wildman–Crippen MR) is 59.0 cm³/mol. The Morgan fingerprint density at radius 2 is 2.35 bits per heavy atom. The van der Waals surface area contributed by atoms with Gasteiger partial charge in [0.2, 0.25) is 11.9 Å². The lowest BCUT2D eigenvalue weighted by molar-refractivity contribution is -0.119. The molecule has 0 radical (unpaired) electrons. The van der Waals surface area contributed by atoms with Crippen molar-refractivity contribution in [2.24, 2.45) is 0 Å². The van der Waals surface area contributed by atoms with Crippen molar-refractivity contribution >= 4 is 22.5 Å². The van der Waals surface area contributed by atoms with Crippen LogP contribution in [0.4, 0.5) is 10.1 Å². The molecule has 6 heteroatoms. The Hall–Kier alpha value is -1.95. The molecular formula is C11H10FN3O2. The summed E-state index contributed by atoms with van der Waals surface area (Å²) >= 11 is 0. The van der Waals surface area contributed by atoms with Gasteiger partial charge in [0.05, 0.1) is 23.2 Å². The average Bonchev–Trinajstić information content (AvgIpc) is 2.65. The first kappa shape index (κ1) is 10.2. The first-order chi connectivity index (χ1) is 8.11. The molecule has 0 unspecified atom stereocenters. The molecule has 1 aliphatic rings. The van der Waals surface area contributed by atoms with Crippen LogP contribution in [0.15, 0.2) is 12.1 Å². The van der Waals surface area contributed by atoms with Gasteiger partial charge in [-0.3, -0.25) is 4.79 Å². The third-order valence-electron chi connectivity index (χ3n) is 3.00. The number of hydrogen-bond acceptors (Lipinski definition) is 3. The first-order valence-corrected chi connectivity index (χ1v) is 5.24. The van der Waals surface area contributed by atoms with E-state index in [9.17, 15) is 9.18 Å². The fourth-order valence-corrected chi connectivity index (χ4v) is 2.11. The molecule has 1 aromatic carbocycles. The number of carbonyl (C=O) groups is 1. The van der Waals surface area contributed by atoms with E-state index in [0.717, 1.165) is 0 Å². The molecule has 0 saturated carbocycles. The zero-order valence-electron chi connectivity index (χ0n) is 9.07. The number of nitrogens with one attached hydrogen (secondary N) is 1. The van der Waals surface area contributed by atoms with E-state index in [2.05, 4.69) is 10.4 Å². The van der Waals surface area contributed by atoms with E-state index in [1.807, 2.05) is 0 Å². The predicted octanol–water partition coefficient (Wildman–Crippen LogP) is 1.18. The molecule has 0 fully saturated rings. The van der Waals surface area contributed by atoms with Gasteiger partial charge in [0.15, 0.2) is 0 Å². The first-order valence-electron chi connectivity index (χ1n) is 5.24. The van der Waals surface area contributed by atoms with Crippen molar-refractivity contribution in [3.63, 3.8) is 0 Å². The van der Waals surface area contributed by atoms with Gasteiger partial charge in [-0.05, 0) is 24.6 Å². The van der Waals surface area contributed by atoms with Crippen LogP contribution >= 0.6 is 0 Å². The second kappa shape index (κ2) is 3.27. The Bertz CT molecular complexity index is 635. The summed E-state index contributed by atoms with van der Waals surface area (Å²) in [5.41, 5.74) is 1.60. The molecule has 0 saturated heterocycles. The fourth-order valence-electron chi connectivity index (χ4n) is 2.11. The smallest absolute Gasteiger partial charge is 0.249 e. The number of rotatable bonds is 1. The number of carbonyl (C=O) groups excluding carboxylic acids is 1. The zero-order valence-corrected chi connectivity index (χ0v) is 9.07. The molecule has 0 aliphatic carbocycles.